The van der Waals surface area contributed by atoms with Crippen molar-refractivity contribution in [1.82, 2.24) is 0 Å². The first-order valence-corrected chi connectivity index (χ1v) is 28.7. The molecule has 0 spiro atoms. The van der Waals surface area contributed by atoms with Crippen LogP contribution in [0.1, 0.15) is 119 Å². The van der Waals surface area contributed by atoms with Crippen molar-refractivity contribution < 1.29 is 22.5 Å². The maximum Gasteiger partial charge on any atom is 0.155 e. The van der Waals surface area contributed by atoms with E-state index in [1.807, 2.05) is 133 Å². The molecule has 0 atom stereocenters. The van der Waals surface area contributed by atoms with Crippen LogP contribution in [0, 0.1) is 11.6 Å². The fraction of sp³-hybridized carbons (Fsp3) is 0.200. The maximum absolute atomic E-state index is 19.0. The molecule has 0 amide bonds. The van der Waals surface area contributed by atoms with Crippen molar-refractivity contribution in [3.05, 3.63) is 264 Å². The van der Waals surface area contributed by atoms with Gasteiger partial charge in [-0.05, 0) is 159 Å². The molecule has 0 radical (unpaired) electrons. The molecule has 0 aromatic heterocycles. The summed E-state index contributed by atoms with van der Waals surface area (Å²) < 4.78 is 131. The quantitative estimate of drug-likeness (QED) is 0.126. The zero-order chi connectivity index (χ0) is 67.7. The second-order valence-corrected chi connectivity index (χ2v) is 26.2. The van der Waals surface area contributed by atoms with Crippen molar-refractivity contribution in [2.75, 3.05) is 9.80 Å². The molecule has 12 aromatic carbocycles. The van der Waals surface area contributed by atoms with Gasteiger partial charge in [-0.15, -0.1) is 0 Å². The lowest BCUT2D eigenvalue weighted by molar-refractivity contribution is 0.590. The molecule has 418 valence electrons. The Hall–Kier alpha value is -8.86. The average molecular weight is 1110 g/mol. The third-order valence-electron chi connectivity index (χ3n) is 16.3. The first kappa shape index (κ1) is 44.7. The summed E-state index contributed by atoms with van der Waals surface area (Å²) in [5.74, 6) is -1.43. The van der Waals surface area contributed by atoms with E-state index in [1.54, 1.807) is 24.3 Å². The Kier molecular flexibility index (Phi) is 11.2. The van der Waals surface area contributed by atoms with Crippen LogP contribution in [-0.4, -0.2) is 0 Å². The minimum atomic E-state index is -0.713. The SMILES string of the molecule is [2H]c1c([2H])c([2H])c(N(c2cc(-c3cccc(C(C)(C)C)c3)cc(-c3cccc(C(C)(C)C)c3)c2F)c2ccc3ccc4c(N(c5cc(-c6cccc(C(C)(C)C)c6)cc(-c6cccc(C(C)(C)C)c6)c5F)c5c([2H])c([2H])c([2H])c([2H])c5[2H])ccc5ccc2c3c54)c([2H])c1[2H]. The number of nitrogens with zero attached hydrogens (tertiary/aromatic N) is 2. The van der Waals surface area contributed by atoms with Crippen LogP contribution in [0.4, 0.5) is 42.9 Å². The van der Waals surface area contributed by atoms with E-state index in [0.717, 1.165) is 33.4 Å². The van der Waals surface area contributed by atoms with Crippen LogP contribution in [0.15, 0.2) is 230 Å². The summed E-state index contributed by atoms with van der Waals surface area (Å²) in [6, 6.07) is 47.2. The van der Waals surface area contributed by atoms with Gasteiger partial charge in [-0.3, -0.25) is 0 Å². The van der Waals surface area contributed by atoms with Gasteiger partial charge in [-0.25, -0.2) is 8.78 Å². The van der Waals surface area contributed by atoms with Crippen LogP contribution in [0.5, 0.6) is 0 Å². The van der Waals surface area contributed by atoms with Crippen molar-refractivity contribution in [2.24, 2.45) is 0 Å². The lowest BCUT2D eigenvalue weighted by atomic mass is 9.84. The van der Waals surface area contributed by atoms with E-state index in [2.05, 4.69) is 95.2 Å². The molecule has 12 aromatic rings. The van der Waals surface area contributed by atoms with Crippen LogP contribution >= 0.6 is 0 Å². The largest absolute Gasteiger partial charge is 0.307 e. The monoisotopic (exact) mass is 1110 g/mol. The summed E-state index contributed by atoms with van der Waals surface area (Å²) in [4.78, 5) is 2.89. The number of hydrogen-bond donors (Lipinski definition) is 0. The van der Waals surface area contributed by atoms with Crippen LogP contribution in [0.25, 0.3) is 76.8 Å². The molecule has 0 heterocycles. The zero-order valence-corrected chi connectivity index (χ0v) is 49.8. The lowest BCUT2D eigenvalue weighted by Crippen LogP contribution is -2.14. The fourth-order valence-corrected chi connectivity index (χ4v) is 11.5. The average Bonchev–Trinajstić information content (AvgIpc) is 0.729. The molecule has 12 rings (SSSR count). The van der Waals surface area contributed by atoms with E-state index >= 15 is 8.78 Å². The second kappa shape index (κ2) is 21.1. The Morgan fingerprint density at radius 1 is 0.310 bits per heavy atom. The number of rotatable bonds is 10. The highest BCUT2D eigenvalue weighted by atomic mass is 19.1. The molecule has 0 unspecified atom stereocenters. The fourth-order valence-electron chi connectivity index (χ4n) is 11.5. The smallest absolute Gasteiger partial charge is 0.155 e. The third kappa shape index (κ3) is 10.4. The molecule has 0 saturated carbocycles. The summed E-state index contributed by atoms with van der Waals surface area (Å²) in [6.07, 6.45) is 0. The van der Waals surface area contributed by atoms with Crippen molar-refractivity contribution in [2.45, 2.75) is 105 Å². The molecule has 0 N–H and O–H groups in total. The molecule has 0 fully saturated rings. The molecule has 0 bridgehead atoms. The Bertz CT molecular complexity index is 4690. The third-order valence-corrected chi connectivity index (χ3v) is 16.3. The minimum Gasteiger partial charge on any atom is -0.307 e. The second-order valence-electron chi connectivity index (χ2n) is 26.2. The topological polar surface area (TPSA) is 6.48 Å². The van der Waals surface area contributed by atoms with E-state index < -0.39 is 72.1 Å². The molecule has 84 heavy (non-hydrogen) atoms. The van der Waals surface area contributed by atoms with Gasteiger partial charge in [0.1, 0.15) is 0 Å². The highest BCUT2D eigenvalue weighted by Gasteiger charge is 2.29. The van der Waals surface area contributed by atoms with Gasteiger partial charge in [-0.2, -0.15) is 0 Å². The van der Waals surface area contributed by atoms with Gasteiger partial charge in [0, 0.05) is 33.3 Å². The van der Waals surface area contributed by atoms with Crippen LogP contribution in [0.3, 0.4) is 0 Å². The van der Waals surface area contributed by atoms with Crippen LogP contribution in [-0.2, 0) is 21.7 Å². The molecular formula is C80H74F2N2. The molecule has 4 heteroatoms. The number of para-hydroxylation sites is 2. The van der Waals surface area contributed by atoms with E-state index in [1.165, 1.54) is 9.80 Å². The summed E-state index contributed by atoms with van der Waals surface area (Å²) in [5, 5.41) is 3.58. The summed E-state index contributed by atoms with van der Waals surface area (Å²) >= 11 is 0. The van der Waals surface area contributed by atoms with Gasteiger partial charge in [0.25, 0.3) is 0 Å². The van der Waals surface area contributed by atoms with Gasteiger partial charge < -0.3 is 9.80 Å². The van der Waals surface area contributed by atoms with E-state index in [4.69, 9.17) is 8.22 Å². The van der Waals surface area contributed by atoms with E-state index in [0.29, 0.717) is 54.6 Å². The predicted molar refractivity (Wildman–Crippen MR) is 356 cm³/mol. The Morgan fingerprint density at radius 2 is 0.619 bits per heavy atom. The van der Waals surface area contributed by atoms with Gasteiger partial charge in [0.2, 0.25) is 0 Å². The number of anilines is 6. The molecular weight excluding hydrogens is 1030 g/mol. The number of halogens is 2. The van der Waals surface area contributed by atoms with Gasteiger partial charge in [0.15, 0.2) is 11.6 Å². The van der Waals surface area contributed by atoms with Gasteiger partial charge >= 0.3 is 0 Å². The number of benzene rings is 12. The van der Waals surface area contributed by atoms with Crippen molar-refractivity contribution in [3.63, 3.8) is 0 Å². The molecule has 2 nitrogen and oxygen atoms in total. The zero-order valence-electron chi connectivity index (χ0n) is 59.8. The number of hydrogen-bond acceptors (Lipinski definition) is 2. The molecule has 0 aliphatic carbocycles. The molecule has 0 aliphatic rings. The van der Waals surface area contributed by atoms with Crippen molar-refractivity contribution >= 4 is 66.4 Å². The first-order chi connectivity index (χ1) is 44.1. The van der Waals surface area contributed by atoms with E-state index in [-0.39, 0.29) is 66.9 Å². The standard InChI is InChI=1S/C80H74F2N2/c1-77(2,3)59-27-19-23-53(43-59)57-47-67(55-25-21-29-61(45-55)79(7,8)9)75(81)71(49-57)83(63-31-15-13-16-32-63)69-41-37-51-36-40-66-70(42-38-52-35-39-65(69)73(51)74(52)66)84(64-33-17-14-18-34-64)72-50-58(54-24-20-28-60(44-54)78(4,5)6)48-68(76(72)82)56-26-22-30-62(46-56)80(10,11)12/h13-50H,1-12H3/i13D,14D,15D,16D,17D,18D,31D,32D,33D,34D. The van der Waals surface area contributed by atoms with Gasteiger partial charge in [0.05, 0.1) is 36.5 Å². The summed E-state index contributed by atoms with van der Waals surface area (Å²) in [6.45, 7) is 25.2. The minimum absolute atomic E-state index is 0.0938. The first-order valence-electron chi connectivity index (χ1n) is 33.7. The Balaban J connectivity index is 1.20. The highest BCUT2D eigenvalue weighted by Crippen LogP contribution is 2.51. The predicted octanol–water partition coefficient (Wildman–Crippen LogP) is 23.7. The summed E-state index contributed by atoms with van der Waals surface area (Å²) in [5.41, 5.74) is 6.85. The normalized spacial score (nSPS) is 14.1. The van der Waals surface area contributed by atoms with Crippen LogP contribution in [0.2, 0.25) is 0 Å². The lowest BCUT2D eigenvalue weighted by Gasteiger charge is -2.31. The van der Waals surface area contributed by atoms with Crippen molar-refractivity contribution in [1.29, 1.82) is 0 Å². The Labute approximate surface area is 510 Å². The Morgan fingerprint density at radius 3 is 0.952 bits per heavy atom. The molecule has 0 saturated heterocycles. The van der Waals surface area contributed by atoms with Crippen LogP contribution < -0.4 is 9.80 Å². The highest BCUT2D eigenvalue weighted by molar-refractivity contribution is 6.28. The maximum atomic E-state index is 19.0. The summed E-state index contributed by atoms with van der Waals surface area (Å²) in [7, 11) is 0. The van der Waals surface area contributed by atoms with Gasteiger partial charge in [-0.1, -0.05) is 253 Å². The van der Waals surface area contributed by atoms with E-state index in [9.17, 15) is 5.48 Å². The molecule has 0 aliphatic heterocycles. The van der Waals surface area contributed by atoms with Crippen molar-refractivity contribution in [3.8, 4) is 44.5 Å².